The van der Waals surface area contributed by atoms with E-state index in [-0.39, 0.29) is 11.9 Å². The SMILES string of the molecule is Cc1cn2c(n1)CC[C@@H](NC(=O)CCc1cscn1)C2. The van der Waals surface area contributed by atoms with Crippen molar-refractivity contribution in [3.05, 3.63) is 34.3 Å². The third-order valence-corrected chi connectivity index (χ3v) is 4.21. The Labute approximate surface area is 122 Å². The summed E-state index contributed by atoms with van der Waals surface area (Å²) in [6.45, 7) is 2.84. The van der Waals surface area contributed by atoms with E-state index < -0.39 is 0 Å². The van der Waals surface area contributed by atoms with Gasteiger partial charge in [0, 0.05) is 37.0 Å². The number of hydrogen-bond donors (Lipinski definition) is 1. The van der Waals surface area contributed by atoms with Gasteiger partial charge in [-0.2, -0.15) is 0 Å². The summed E-state index contributed by atoms with van der Waals surface area (Å²) in [5.41, 5.74) is 3.86. The summed E-state index contributed by atoms with van der Waals surface area (Å²) >= 11 is 1.57. The zero-order chi connectivity index (χ0) is 13.9. The summed E-state index contributed by atoms with van der Waals surface area (Å²) in [6, 6.07) is 0.221. The minimum atomic E-state index is 0.114. The van der Waals surface area contributed by atoms with E-state index in [2.05, 4.69) is 26.0 Å². The van der Waals surface area contributed by atoms with Gasteiger partial charge in [0.25, 0.3) is 0 Å². The van der Waals surface area contributed by atoms with E-state index in [4.69, 9.17) is 0 Å². The van der Waals surface area contributed by atoms with E-state index in [1.54, 1.807) is 16.8 Å². The molecule has 20 heavy (non-hydrogen) atoms. The largest absolute Gasteiger partial charge is 0.352 e. The third-order valence-electron chi connectivity index (χ3n) is 3.57. The molecule has 2 aromatic rings. The first kappa shape index (κ1) is 13.3. The molecule has 0 aromatic carbocycles. The predicted octanol–water partition coefficient (Wildman–Crippen LogP) is 1.71. The molecule has 6 heteroatoms. The minimum absolute atomic E-state index is 0.114. The molecule has 3 rings (SSSR count). The average molecular weight is 290 g/mol. The standard InChI is InChI=1S/C14H18N4OS/c1-10-6-18-7-11(2-4-13(18)16-10)17-14(19)5-3-12-8-20-9-15-12/h6,8-9,11H,2-5,7H2,1H3,(H,17,19)/t11-/m1/s1. The van der Waals surface area contributed by atoms with Crippen molar-refractivity contribution in [2.45, 2.75) is 45.2 Å². The molecule has 0 bridgehead atoms. The van der Waals surface area contributed by atoms with Crippen LogP contribution in [-0.2, 0) is 24.2 Å². The number of aryl methyl sites for hydroxylation is 3. The number of amides is 1. The summed E-state index contributed by atoms with van der Waals surface area (Å²) in [5.74, 6) is 1.25. The Morgan fingerprint density at radius 3 is 3.30 bits per heavy atom. The van der Waals surface area contributed by atoms with Gasteiger partial charge in [-0.3, -0.25) is 4.79 Å². The first-order chi connectivity index (χ1) is 9.70. The number of nitrogens with zero attached hydrogens (tertiary/aromatic N) is 3. The Kier molecular flexibility index (Phi) is 3.82. The Bertz CT molecular complexity index is 590. The maximum Gasteiger partial charge on any atom is 0.220 e. The molecule has 3 heterocycles. The molecule has 0 radical (unpaired) electrons. The summed E-state index contributed by atoms with van der Waals surface area (Å²) < 4.78 is 2.16. The van der Waals surface area contributed by atoms with Gasteiger partial charge >= 0.3 is 0 Å². The average Bonchev–Trinajstić information content (AvgIpc) is 3.04. The van der Waals surface area contributed by atoms with Crippen molar-refractivity contribution >= 4 is 17.2 Å². The smallest absolute Gasteiger partial charge is 0.220 e. The molecule has 0 unspecified atom stereocenters. The normalized spacial score (nSPS) is 17.8. The third kappa shape index (κ3) is 3.07. The van der Waals surface area contributed by atoms with E-state index in [1.807, 2.05) is 12.3 Å². The summed E-state index contributed by atoms with van der Waals surface area (Å²) in [6.07, 6.45) is 5.19. The highest BCUT2D eigenvalue weighted by molar-refractivity contribution is 7.07. The van der Waals surface area contributed by atoms with Crippen molar-refractivity contribution in [1.29, 1.82) is 0 Å². The van der Waals surface area contributed by atoms with Crippen LogP contribution in [0.15, 0.2) is 17.1 Å². The van der Waals surface area contributed by atoms with Crippen molar-refractivity contribution in [3.63, 3.8) is 0 Å². The van der Waals surface area contributed by atoms with Crippen LogP contribution >= 0.6 is 11.3 Å². The first-order valence-corrected chi connectivity index (χ1v) is 7.84. The van der Waals surface area contributed by atoms with E-state index in [0.29, 0.717) is 6.42 Å². The van der Waals surface area contributed by atoms with Crippen LogP contribution in [0.25, 0.3) is 0 Å². The lowest BCUT2D eigenvalue weighted by Gasteiger charge is -2.24. The number of imidazole rings is 1. The van der Waals surface area contributed by atoms with Gasteiger partial charge in [0.05, 0.1) is 16.9 Å². The van der Waals surface area contributed by atoms with Gasteiger partial charge in [0.1, 0.15) is 5.82 Å². The molecule has 106 valence electrons. The number of aromatic nitrogens is 3. The number of thiazole rings is 1. The van der Waals surface area contributed by atoms with Gasteiger partial charge in [0.2, 0.25) is 5.91 Å². The Balaban J connectivity index is 1.50. The van der Waals surface area contributed by atoms with Crippen LogP contribution in [0.2, 0.25) is 0 Å². The fourth-order valence-corrected chi connectivity index (χ4v) is 3.20. The second kappa shape index (κ2) is 5.75. The number of carbonyl (C=O) groups is 1. The van der Waals surface area contributed by atoms with Gasteiger partial charge < -0.3 is 9.88 Å². The van der Waals surface area contributed by atoms with Gasteiger partial charge in [0.15, 0.2) is 0 Å². The highest BCUT2D eigenvalue weighted by atomic mass is 32.1. The lowest BCUT2D eigenvalue weighted by molar-refractivity contribution is -0.122. The van der Waals surface area contributed by atoms with Crippen molar-refractivity contribution in [1.82, 2.24) is 19.9 Å². The lowest BCUT2D eigenvalue weighted by Crippen LogP contribution is -2.40. The number of nitrogens with one attached hydrogen (secondary N) is 1. The van der Waals surface area contributed by atoms with E-state index >= 15 is 0 Å². The molecular weight excluding hydrogens is 272 g/mol. The highest BCUT2D eigenvalue weighted by Gasteiger charge is 2.20. The molecule has 2 aromatic heterocycles. The molecule has 0 fully saturated rings. The monoisotopic (exact) mass is 290 g/mol. The van der Waals surface area contributed by atoms with Crippen molar-refractivity contribution in [2.24, 2.45) is 0 Å². The predicted molar refractivity (Wildman–Crippen MR) is 77.7 cm³/mol. The molecule has 0 aliphatic carbocycles. The Morgan fingerprint density at radius 1 is 1.60 bits per heavy atom. The maximum absolute atomic E-state index is 12.0. The van der Waals surface area contributed by atoms with E-state index in [0.717, 1.165) is 43.0 Å². The second-order valence-electron chi connectivity index (χ2n) is 5.23. The number of fused-ring (bicyclic) bond motifs is 1. The van der Waals surface area contributed by atoms with Crippen LogP contribution in [0.1, 0.15) is 30.1 Å². The molecule has 1 N–H and O–H groups in total. The molecule has 1 atom stereocenters. The topological polar surface area (TPSA) is 59.8 Å². The van der Waals surface area contributed by atoms with Crippen molar-refractivity contribution in [2.75, 3.05) is 0 Å². The van der Waals surface area contributed by atoms with Crippen LogP contribution in [0.5, 0.6) is 0 Å². The van der Waals surface area contributed by atoms with E-state index in [1.165, 1.54) is 0 Å². The first-order valence-electron chi connectivity index (χ1n) is 6.90. The van der Waals surface area contributed by atoms with Crippen LogP contribution in [0.3, 0.4) is 0 Å². The molecule has 1 aliphatic heterocycles. The quantitative estimate of drug-likeness (QED) is 0.932. The van der Waals surface area contributed by atoms with Crippen molar-refractivity contribution in [3.8, 4) is 0 Å². The number of rotatable bonds is 4. The maximum atomic E-state index is 12.0. The van der Waals surface area contributed by atoms with Crippen LogP contribution < -0.4 is 5.32 Å². The summed E-state index contributed by atoms with van der Waals surface area (Å²) in [7, 11) is 0. The number of carbonyl (C=O) groups excluding carboxylic acids is 1. The molecule has 0 saturated heterocycles. The summed E-state index contributed by atoms with van der Waals surface area (Å²) in [5, 5.41) is 5.11. The lowest BCUT2D eigenvalue weighted by atomic mass is 10.1. The summed E-state index contributed by atoms with van der Waals surface area (Å²) in [4.78, 5) is 20.6. The fraction of sp³-hybridized carbons (Fsp3) is 0.500. The van der Waals surface area contributed by atoms with Crippen LogP contribution in [0.4, 0.5) is 0 Å². The van der Waals surface area contributed by atoms with Gasteiger partial charge in [-0.15, -0.1) is 11.3 Å². The molecular formula is C14H18N4OS. The van der Waals surface area contributed by atoms with Crippen molar-refractivity contribution < 1.29 is 4.79 Å². The zero-order valence-electron chi connectivity index (χ0n) is 11.5. The molecule has 0 saturated carbocycles. The molecule has 1 aliphatic rings. The zero-order valence-corrected chi connectivity index (χ0v) is 12.3. The number of hydrogen-bond acceptors (Lipinski definition) is 4. The van der Waals surface area contributed by atoms with Gasteiger partial charge in [-0.05, 0) is 19.8 Å². The Morgan fingerprint density at radius 2 is 2.50 bits per heavy atom. The molecule has 0 spiro atoms. The minimum Gasteiger partial charge on any atom is -0.352 e. The Hall–Kier alpha value is -1.69. The van der Waals surface area contributed by atoms with Gasteiger partial charge in [-0.25, -0.2) is 9.97 Å². The van der Waals surface area contributed by atoms with Gasteiger partial charge in [-0.1, -0.05) is 0 Å². The van der Waals surface area contributed by atoms with Crippen LogP contribution in [-0.4, -0.2) is 26.5 Å². The highest BCUT2D eigenvalue weighted by Crippen LogP contribution is 2.15. The van der Waals surface area contributed by atoms with Crippen LogP contribution in [0, 0.1) is 6.92 Å². The second-order valence-corrected chi connectivity index (χ2v) is 5.95. The molecule has 5 nitrogen and oxygen atoms in total. The molecule has 1 amide bonds. The fourth-order valence-electron chi connectivity index (χ4n) is 2.61. The van der Waals surface area contributed by atoms with E-state index in [9.17, 15) is 4.79 Å².